The van der Waals surface area contributed by atoms with E-state index in [-0.39, 0.29) is 10.8 Å². The number of aromatic nitrogens is 1. The predicted octanol–water partition coefficient (Wildman–Crippen LogP) is 4.91. The first-order chi connectivity index (χ1) is 14.9. The Hall–Kier alpha value is -3.01. The van der Waals surface area contributed by atoms with Crippen LogP contribution in [0.2, 0.25) is 0 Å². The van der Waals surface area contributed by atoms with E-state index < -0.39 is 10.0 Å². The van der Waals surface area contributed by atoms with Crippen LogP contribution in [0, 0.1) is 6.92 Å². The summed E-state index contributed by atoms with van der Waals surface area (Å²) in [6.07, 6.45) is 0. The van der Waals surface area contributed by atoms with Gasteiger partial charge in [-0.25, -0.2) is 13.4 Å². The zero-order valence-electron chi connectivity index (χ0n) is 16.5. The van der Waals surface area contributed by atoms with Crippen LogP contribution in [0.15, 0.2) is 77.0 Å². The molecule has 0 atom stereocenters. The fraction of sp³-hybridized carbons (Fsp3) is 0.0909. The van der Waals surface area contributed by atoms with Gasteiger partial charge in [0.15, 0.2) is 0 Å². The third kappa shape index (κ3) is 5.19. The van der Waals surface area contributed by atoms with Gasteiger partial charge >= 0.3 is 0 Å². The van der Waals surface area contributed by atoms with Crippen LogP contribution in [0.25, 0.3) is 10.6 Å². The number of amides is 1. The number of aryl methyl sites for hydroxylation is 1. The second kappa shape index (κ2) is 9.01. The third-order valence-electron chi connectivity index (χ3n) is 4.41. The van der Waals surface area contributed by atoms with Crippen LogP contribution in [0.3, 0.4) is 0 Å². The van der Waals surface area contributed by atoms with Crippen molar-refractivity contribution in [2.75, 3.05) is 4.72 Å². The summed E-state index contributed by atoms with van der Waals surface area (Å²) in [5, 5.41) is 5.91. The summed E-state index contributed by atoms with van der Waals surface area (Å²) in [5.41, 5.74) is 1.82. The Morgan fingerprint density at radius 3 is 2.42 bits per heavy atom. The summed E-state index contributed by atoms with van der Waals surface area (Å²) in [7, 11) is -3.72. The molecule has 4 rings (SSSR count). The zero-order valence-corrected chi connectivity index (χ0v) is 19.0. The number of nitrogens with one attached hydrogen (secondary N) is 2. The van der Waals surface area contributed by atoms with Gasteiger partial charge in [-0.1, -0.05) is 18.2 Å². The summed E-state index contributed by atoms with van der Waals surface area (Å²) in [6, 6.07) is 18.5. The smallest absolute Gasteiger partial charge is 0.261 e. The highest BCUT2D eigenvalue weighted by Gasteiger charge is 2.15. The van der Waals surface area contributed by atoms with Crippen molar-refractivity contribution < 1.29 is 13.2 Å². The molecule has 0 bridgehead atoms. The van der Waals surface area contributed by atoms with Crippen LogP contribution >= 0.6 is 22.7 Å². The third-order valence-corrected chi connectivity index (χ3v) is 7.69. The van der Waals surface area contributed by atoms with Crippen LogP contribution in [0.1, 0.15) is 20.2 Å². The highest BCUT2D eigenvalue weighted by Crippen LogP contribution is 2.29. The van der Waals surface area contributed by atoms with E-state index in [0.29, 0.717) is 17.8 Å². The minimum atomic E-state index is -3.72. The topological polar surface area (TPSA) is 88.2 Å². The van der Waals surface area contributed by atoms with Crippen molar-refractivity contribution in [1.82, 2.24) is 10.3 Å². The number of carbonyl (C=O) groups excluding carboxylic acids is 1. The maximum absolute atomic E-state index is 12.5. The van der Waals surface area contributed by atoms with Gasteiger partial charge in [0.1, 0.15) is 0 Å². The molecular weight excluding hydrogens is 450 g/mol. The number of hydrogen-bond donors (Lipinski definition) is 2. The number of thiophene rings is 1. The zero-order chi connectivity index (χ0) is 21.8. The van der Waals surface area contributed by atoms with E-state index in [1.54, 1.807) is 46.9 Å². The maximum atomic E-state index is 12.5. The first-order valence-electron chi connectivity index (χ1n) is 9.38. The highest BCUT2D eigenvalue weighted by atomic mass is 32.2. The van der Waals surface area contributed by atoms with Crippen molar-refractivity contribution in [2.45, 2.75) is 18.4 Å². The van der Waals surface area contributed by atoms with Gasteiger partial charge in [-0.2, -0.15) is 0 Å². The molecule has 0 unspecified atom stereocenters. The number of anilines is 1. The van der Waals surface area contributed by atoms with Gasteiger partial charge in [0, 0.05) is 21.5 Å². The lowest BCUT2D eigenvalue weighted by atomic mass is 10.2. The molecule has 2 aromatic heterocycles. The summed E-state index contributed by atoms with van der Waals surface area (Å²) >= 11 is 3.19. The van der Waals surface area contributed by atoms with Crippen molar-refractivity contribution in [2.24, 2.45) is 0 Å². The molecule has 6 nitrogen and oxygen atoms in total. The van der Waals surface area contributed by atoms with Crippen LogP contribution in [-0.4, -0.2) is 19.3 Å². The lowest BCUT2D eigenvalue weighted by Crippen LogP contribution is -2.22. The van der Waals surface area contributed by atoms with Crippen LogP contribution < -0.4 is 10.0 Å². The number of sulfonamides is 1. The normalized spacial score (nSPS) is 11.3. The van der Waals surface area contributed by atoms with Crippen molar-refractivity contribution in [3.8, 4) is 10.6 Å². The largest absolute Gasteiger partial charge is 0.347 e. The number of para-hydroxylation sites is 1. The Labute approximate surface area is 188 Å². The van der Waals surface area contributed by atoms with Crippen molar-refractivity contribution in [3.63, 3.8) is 0 Å². The number of benzene rings is 2. The lowest BCUT2D eigenvalue weighted by Gasteiger charge is -2.09. The summed E-state index contributed by atoms with van der Waals surface area (Å²) in [6.45, 7) is 2.36. The second-order valence-electron chi connectivity index (χ2n) is 6.70. The molecule has 2 N–H and O–H groups in total. The molecule has 2 heterocycles. The summed E-state index contributed by atoms with van der Waals surface area (Å²) in [4.78, 5) is 19.1. The summed E-state index contributed by atoms with van der Waals surface area (Å²) < 4.78 is 27.5. The molecule has 31 heavy (non-hydrogen) atoms. The van der Waals surface area contributed by atoms with E-state index in [2.05, 4.69) is 15.0 Å². The fourth-order valence-electron chi connectivity index (χ4n) is 2.86. The van der Waals surface area contributed by atoms with Crippen molar-refractivity contribution in [1.29, 1.82) is 0 Å². The molecule has 0 fully saturated rings. The van der Waals surface area contributed by atoms with E-state index in [1.807, 2.05) is 30.5 Å². The SMILES string of the molecule is Cc1nc(-c2ccc(CNC(=O)c3ccc(S(=O)(=O)Nc4ccccc4)cc3)s2)cs1. The van der Waals surface area contributed by atoms with Gasteiger partial charge in [-0.3, -0.25) is 9.52 Å². The van der Waals surface area contributed by atoms with Crippen LogP contribution in [0.5, 0.6) is 0 Å². The molecule has 0 saturated heterocycles. The molecule has 0 radical (unpaired) electrons. The Kier molecular flexibility index (Phi) is 6.17. The molecule has 0 spiro atoms. The number of thiazole rings is 1. The van der Waals surface area contributed by atoms with E-state index in [9.17, 15) is 13.2 Å². The molecule has 1 amide bonds. The van der Waals surface area contributed by atoms with Gasteiger partial charge in [0.2, 0.25) is 0 Å². The van der Waals surface area contributed by atoms with E-state index in [0.717, 1.165) is 20.5 Å². The molecule has 0 aliphatic heterocycles. The van der Waals surface area contributed by atoms with Crippen molar-refractivity contribution >= 4 is 44.3 Å². The van der Waals surface area contributed by atoms with Gasteiger partial charge in [-0.05, 0) is 55.5 Å². The lowest BCUT2D eigenvalue weighted by molar-refractivity contribution is 0.0951. The highest BCUT2D eigenvalue weighted by molar-refractivity contribution is 7.92. The standard InChI is InChI=1S/C22H19N3O3S3/c1-15-24-20(14-29-15)21-12-9-18(30-21)13-23-22(26)16-7-10-19(11-8-16)31(27,28)25-17-5-3-2-4-6-17/h2-12,14,25H,13H2,1H3,(H,23,26). The number of rotatable bonds is 7. The molecule has 9 heteroatoms. The monoisotopic (exact) mass is 469 g/mol. The van der Waals surface area contributed by atoms with Gasteiger partial charge in [0.05, 0.1) is 27.0 Å². The number of carbonyl (C=O) groups is 1. The van der Waals surface area contributed by atoms with E-state index in [1.165, 1.54) is 24.3 Å². The first-order valence-corrected chi connectivity index (χ1v) is 12.6. The minimum Gasteiger partial charge on any atom is -0.347 e. The maximum Gasteiger partial charge on any atom is 0.261 e. The predicted molar refractivity (Wildman–Crippen MR) is 125 cm³/mol. The molecule has 158 valence electrons. The average Bonchev–Trinajstić information content (AvgIpc) is 3.41. The van der Waals surface area contributed by atoms with Gasteiger partial charge in [-0.15, -0.1) is 22.7 Å². The molecule has 0 aliphatic rings. The number of nitrogens with zero attached hydrogens (tertiary/aromatic N) is 1. The molecule has 0 saturated carbocycles. The van der Waals surface area contributed by atoms with Gasteiger partial charge in [0.25, 0.3) is 15.9 Å². The molecule has 2 aromatic carbocycles. The Morgan fingerprint density at radius 2 is 1.74 bits per heavy atom. The minimum absolute atomic E-state index is 0.0920. The second-order valence-corrected chi connectivity index (χ2v) is 10.6. The van der Waals surface area contributed by atoms with E-state index >= 15 is 0 Å². The Balaban J connectivity index is 1.38. The van der Waals surface area contributed by atoms with E-state index in [4.69, 9.17) is 0 Å². The van der Waals surface area contributed by atoms with Crippen LogP contribution in [0.4, 0.5) is 5.69 Å². The fourth-order valence-corrected chi connectivity index (χ4v) is 5.52. The van der Waals surface area contributed by atoms with Gasteiger partial charge < -0.3 is 5.32 Å². The number of hydrogen-bond acceptors (Lipinski definition) is 6. The first kappa shape index (κ1) is 21.2. The summed E-state index contributed by atoms with van der Waals surface area (Å²) in [5.74, 6) is -0.264. The van der Waals surface area contributed by atoms with Crippen LogP contribution in [-0.2, 0) is 16.6 Å². The Bertz CT molecular complexity index is 1290. The molecular formula is C22H19N3O3S3. The Morgan fingerprint density at radius 1 is 1.00 bits per heavy atom. The average molecular weight is 470 g/mol. The molecule has 4 aromatic rings. The molecule has 0 aliphatic carbocycles. The quantitative estimate of drug-likeness (QED) is 0.402. The van der Waals surface area contributed by atoms with Crippen molar-refractivity contribution in [3.05, 3.63) is 87.6 Å².